The van der Waals surface area contributed by atoms with Crippen LogP contribution in [0.15, 0.2) is 43.8 Å². The number of rotatable bonds is 2. The zero-order valence-corrected chi connectivity index (χ0v) is 14.0. The molecule has 0 aromatic rings. The van der Waals surface area contributed by atoms with Gasteiger partial charge in [-0.15, -0.1) is 0 Å². The maximum absolute atomic E-state index is 6.22. The first-order valence-corrected chi connectivity index (χ1v) is 7.36. The Labute approximate surface area is 124 Å². The van der Waals surface area contributed by atoms with Crippen molar-refractivity contribution < 1.29 is 21.7 Å². The molecule has 16 heavy (non-hydrogen) atoms. The van der Waals surface area contributed by atoms with Crippen molar-refractivity contribution in [3.8, 4) is 0 Å². The summed E-state index contributed by atoms with van der Waals surface area (Å²) in [6, 6.07) is 0. The standard InChI is InChI=1S/C12H14Cl2Si.Ti/c1-7-3-5-9(13)11(7)15-12-8(2)4-6-10(12)14;/h3-4H,5-6,15H2,1-2H3;. The summed E-state index contributed by atoms with van der Waals surface area (Å²) >= 11 is 12.4. The summed E-state index contributed by atoms with van der Waals surface area (Å²) in [5, 5.41) is 4.88. The molecule has 84 valence electrons. The van der Waals surface area contributed by atoms with Gasteiger partial charge in [0.2, 0.25) is 0 Å². The van der Waals surface area contributed by atoms with E-state index in [4.69, 9.17) is 23.2 Å². The first-order chi connectivity index (χ1) is 7.09. The predicted octanol–water partition coefficient (Wildman–Crippen LogP) is 3.75. The maximum Gasteiger partial charge on any atom is 0.0912 e. The van der Waals surface area contributed by atoms with Gasteiger partial charge in [-0.25, -0.2) is 0 Å². The van der Waals surface area contributed by atoms with E-state index in [-0.39, 0.29) is 21.7 Å². The Kier molecular flexibility index (Phi) is 5.34. The van der Waals surface area contributed by atoms with Gasteiger partial charge in [0.15, 0.2) is 0 Å². The summed E-state index contributed by atoms with van der Waals surface area (Å²) in [6.07, 6.45) is 6.27. The van der Waals surface area contributed by atoms with E-state index >= 15 is 0 Å². The van der Waals surface area contributed by atoms with Crippen LogP contribution in [0.25, 0.3) is 0 Å². The third-order valence-electron chi connectivity index (χ3n) is 3.14. The van der Waals surface area contributed by atoms with E-state index in [2.05, 4.69) is 26.0 Å². The van der Waals surface area contributed by atoms with Crippen LogP contribution in [0.1, 0.15) is 26.7 Å². The molecule has 0 radical (unpaired) electrons. The summed E-state index contributed by atoms with van der Waals surface area (Å²) in [4.78, 5) is 0. The minimum Gasteiger partial charge on any atom is -0.0889 e. The van der Waals surface area contributed by atoms with E-state index in [0.29, 0.717) is 0 Å². The van der Waals surface area contributed by atoms with Gasteiger partial charge in [0, 0.05) is 44.6 Å². The Bertz CT molecular complexity index is 390. The first kappa shape index (κ1) is 14.5. The van der Waals surface area contributed by atoms with Crippen molar-refractivity contribution in [3.63, 3.8) is 0 Å². The van der Waals surface area contributed by atoms with Gasteiger partial charge in [-0.2, -0.15) is 0 Å². The van der Waals surface area contributed by atoms with Gasteiger partial charge in [0.1, 0.15) is 0 Å². The molecule has 0 nitrogen and oxygen atoms in total. The zero-order chi connectivity index (χ0) is 11.0. The van der Waals surface area contributed by atoms with Crippen molar-refractivity contribution in [2.75, 3.05) is 0 Å². The van der Waals surface area contributed by atoms with Crippen molar-refractivity contribution in [1.82, 2.24) is 0 Å². The molecule has 2 aliphatic rings. The molecule has 4 heteroatoms. The van der Waals surface area contributed by atoms with Gasteiger partial charge in [-0.1, -0.05) is 46.5 Å². The van der Waals surface area contributed by atoms with Gasteiger partial charge < -0.3 is 0 Å². The quantitative estimate of drug-likeness (QED) is 0.682. The van der Waals surface area contributed by atoms with Crippen LogP contribution in [0.4, 0.5) is 0 Å². The molecule has 0 saturated carbocycles. The van der Waals surface area contributed by atoms with Crippen molar-refractivity contribution >= 4 is 32.7 Å². The number of allylic oxidation sites excluding steroid dienone is 8. The molecule has 0 bridgehead atoms. The molecule has 0 aromatic carbocycles. The van der Waals surface area contributed by atoms with Crippen LogP contribution in [0, 0.1) is 0 Å². The van der Waals surface area contributed by atoms with Crippen LogP contribution in [0.3, 0.4) is 0 Å². The molecule has 2 rings (SSSR count). The molecule has 0 saturated heterocycles. The summed E-state index contributed by atoms with van der Waals surface area (Å²) < 4.78 is 0. The molecule has 0 unspecified atom stereocenters. The van der Waals surface area contributed by atoms with Gasteiger partial charge in [-0.3, -0.25) is 0 Å². The van der Waals surface area contributed by atoms with Crippen LogP contribution in [0.5, 0.6) is 0 Å². The van der Waals surface area contributed by atoms with E-state index in [9.17, 15) is 0 Å². The van der Waals surface area contributed by atoms with E-state index in [0.717, 1.165) is 22.9 Å². The third-order valence-corrected chi connectivity index (χ3v) is 7.02. The predicted molar refractivity (Wildman–Crippen MR) is 71.1 cm³/mol. The van der Waals surface area contributed by atoms with Crippen molar-refractivity contribution in [1.29, 1.82) is 0 Å². The smallest absolute Gasteiger partial charge is 0.0889 e. The second kappa shape index (κ2) is 5.88. The van der Waals surface area contributed by atoms with Gasteiger partial charge in [0.25, 0.3) is 0 Å². The summed E-state index contributed by atoms with van der Waals surface area (Å²) in [5.74, 6) is 0. The Morgan fingerprint density at radius 3 is 1.56 bits per heavy atom. The molecule has 0 heterocycles. The number of hydrogen-bond acceptors (Lipinski definition) is 0. The molecule has 0 N–H and O–H groups in total. The average Bonchev–Trinajstić information content (AvgIpc) is 2.67. The summed E-state index contributed by atoms with van der Waals surface area (Å²) in [6.45, 7) is 4.31. The maximum atomic E-state index is 6.22. The minimum atomic E-state index is -0.467. The number of halogens is 2. The molecule has 0 amide bonds. The fourth-order valence-electron chi connectivity index (χ4n) is 2.05. The van der Waals surface area contributed by atoms with Crippen molar-refractivity contribution in [2.45, 2.75) is 26.7 Å². The third kappa shape index (κ3) is 2.83. The van der Waals surface area contributed by atoms with Crippen molar-refractivity contribution in [2.24, 2.45) is 0 Å². The monoisotopic (exact) mass is 304 g/mol. The van der Waals surface area contributed by atoms with Gasteiger partial charge >= 0.3 is 0 Å². The molecule has 0 aromatic heterocycles. The second-order valence-electron chi connectivity index (χ2n) is 4.13. The topological polar surface area (TPSA) is 0 Å². The zero-order valence-electron chi connectivity index (χ0n) is 9.53. The number of hydrogen-bond donors (Lipinski definition) is 0. The Hall–Kier alpha value is 0.471. The SMILES string of the molecule is CC1=CCC(Cl)=C1[SiH2]C1=C(Cl)CC=C1C.[Ti]. The van der Waals surface area contributed by atoms with E-state index < -0.39 is 9.52 Å². The van der Waals surface area contributed by atoms with Crippen LogP contribution < -0.4 is 0 Å². The molecule has 0 aliphatic heterocycles. The fourth-order valence-corrected chi connectivity index (χ4v) is 4.78. The summed E-state index contributed by atoms with van der Waals surface area (Å²) in [7, 11) is -0.467. The molecule has 2 aliphatic carbocycles. The van der Waals surface area contributed by atoms with Gasteiger partial charge in [-0.05, 0) is 24.2 Å². The average molecular weight is 305 g/mol. The normalized spacial score (nSPS) is 20.0. The van der Waals surface area contributed by atoms with Crippen LogP contribution >= 0.6 is 23.2 Å². The Balaban J connectivity index is 0.00000128. The van der Waals surface area contributed by atoms with E-state index in [1.165, 1.54) is 21.5 Å². The second-order valence-corrected chi connectivity index (χ2v) is 6.81. The molecular formula is C12H14Cl2SiTi. The Morgan fingerprint density at radius 1 is 0.938 bits per heavy atom. The van der Waals surface area contributed by atoms with Gasteiger partial charge in [0.05, 0.1) is 9.52 Å². The molecule has 0 atom stereocenters. The van der Waals surface area contributed by atoms with Crippen LogP contribution in [-0.4, -0.2) is 9.52 Å². The largest absolute Gasteiger partial charge is 0.0912 e. The summed E-state index contributed by atoms with van der Waals surface area (Å²) in [5.41, 5.74) is 2.73. The molecular weight excluding hydrogens is 291 g/mol. The van der Waals surface area contributed by atoms with Crippen LogP contribution in [0.2, 0.25) is 0 Å². The first-order valence-electron chi connectivity index (χ1n) is 5.19. The van der Waals surface area contributed by atoms with Crippen molar-refractivity contribution in [3.05, 3.63) is 43.8 Å². The van der Waals surface area contributed by atoms with Crippen LogP contribution in [-0.2, 0) is 21.7 Å². The Morgan fingerprint density at radius 2 is 1.31 bits per heavy atom. The fraction of sp³-hybridized carbons (Fsp3) is 0.333. The van der Waals surface area contributed by atoms with E-state index in [1.807, 2.05) is 0 Å². The molecule has 0 fully saturated rings. The molecule has 0 spiro atoms. The minimum absolute atomic E-state index is 0. The van der Waals surface area contributed by atoms with E-state index in [1.54, 1.807) is 0 Å².